The Labute approximate surface area is 126 Å². The van der Waals surface area contributed by atoms with E-state index in [2.05, 4.69) is 39.0 Å². The highest BCUT2D eigenvalue weighted by Crippen LogP contribution is 2.13. The van der Waals surface area contributed by atoms with Crippen molar-refractivity contribution in [3.8, 4) is 0 Å². The maximum absolute atomic E-state index is 4.60. The number of pyridine rings is 1. The lowest BCUT2D eigenvalue weighted by Crippen LogP contribution is -2.26. The second-order valence-electron chi connectivity index (χ2n) is 4.90. The van der Waals surface area contributed by atoms with Gasteiger partial charge >= 0.3 is 0 Å². The Hall–Kier alpha value is -2.17. The Morgan fingerprint density at radius 2 is 1.81 bits per heavy atom. The number of nitrogens with one attached hydrogen (secondary N) is 1. The van der Waals surface area contributed by atoms with E-state index >= 15 is 0 Å². The topological polar surface area (TPSA) is 53.9 Å². The van der Waals surface area contributed by atoms with Gasteiger partial charge in [-0.3, -0.25) is 4.98 Å². The molecule has 0 saturated heterocycles. The second kappa shape index (κ2) is 8.19. The normalized spacial score (nSPS) is 10.4. The molecule has 0 radical (unpaired) electrons. The van der Waals surface area contributed by atoms with Crippen LogP contribution in [0.2, 0.25) is 0 Å². The summed E-state index contributed by atoms with van der Waals surface area (Å²) in [4.78, 5) is 15.5. The van der Waals surface area contributed by atoms with E-state index in [0.717, 1.165) is 37.4 Å². The minimum absolute atomic E-state index is 0.631. The Balaban J connectivity index is 2.02. The molecule has 0 aliphatic heterocycles. The van der Waals surface area contributed by atoms with Crippen LogP contribution < -0.4 is 10.2 Å². The van der Waals surface area contributed by atoms with Crippen molar-refractivity contribution < 1.29 is 0 Å². The predicted molar refractivity (Wildman–Crippen MR) is 86.4 cm³/mol. The van der Waals surface area contributed by atoms with Gasteiger partial charge in [-0.25, -0.2) is 4.98 Å². The second-order valence-corrected chi connectivity index (χ2v) is 4.90. The first kappa shape index (κ1) is 15.2. The quantitative estimate of drug-likeness (QED) is 0.807. The van der Waals surface area contributed by atoms with E-state index in [-0.39, 0.29) is 0 Å². The Bertz CT molecular complexity index is 523. The van der Waals surface area contributed by atoms with Crippen LogP contribution >= 0.6 is 0 Å². The maximum Gasteiger partial charge on any atom is 0.224 e. The first-order valence-corrected chi connectivity index (χ1v) is 7.55. The zero-order chi connectivity index (χ0) is 14.9. The van der Waals surface area contributed by atoms with Gasteiger partial charge in [-0.05, 0) is 31.0 Å². The summed E-state index contributed by atoms with van der Waals surface area (Å²) >= 11 is 0. The fraction of sp³-hybridized carbons (Fsp3) is 0.438. The van der Waals surface area contributed by atoms with Crippen LogP contribution in [0.1, 0.15) is 32.4 Å². The summed E-state index contributed by atoms with van der Waals surface area (Å²) in [6, 6.07) is 7.84. The van der Waals surface area contributed by atoms with Gasteiger partial charge in [-0.1, -0.05) is 19.9 Å². The smallest absolute Gasteiger partial charge is 0.224 e. The van der Waals surface area contributed by atoms with E-state index in [4.69, 9.17) is 0 Å². The Morgan fingerprint density at radius 1 is 1.00 bits per heavy atom. The molecule has 0 unspecified atom stereocenters. The molecule has 112 valence electrons. The molecule has 2 aromatic heterocycles. The SMILES string of the molecule is CCCN(CCC)c1ccnc(NCc2ccccn2)n1. The number of anilines is 2. The summed E-state index contributed by atoms with van der Waals surface area (Å²) < 4.78 is 0. The van der Waals surface area contributed by atoms with Crippen LogP contribution in [0.15, 0.2) is 36.7 Å². The van der Waals surface area contributed by atoms with E-state index in [0.29, 0.717) is 12.5 Å². The molecule has 0 aliphatic rings. The molecule has 0 aliphatic carbocycles. The highest BCUT2D eigenvalue weighted by atomic mass is 15.2. The van der Waals surface area contributed by atoms with Gasteiger partial charge in [0, 0.05) is 25.5 Å². The summed E-state index contributed by atoms with van der Waals surface area (Å²) in [7, 11) is 0. The molecule has 2 rings (SSSR count). The third kappa shape index (κ3) is 4.70. The van der Waals surface area contributed by atoms with Crippen LogP contribution in [0, 0.1) is 0 Å². The monoisotopic (exact) mass is 285 g/mol. The maximum atomic E-state index is 4.60. The molecule has 5 nitrogen and oxygen atoms in total. The minimum atomic E-state index is 0.631. The first-order chi connectivity index (χ1) is 10.3. The first-order valence-electron chi connectivity index (χ1n) is 7.55. The molecule has 0 atom stereocenters. The number of rotatable bonds is 8. The van der Waals surface area contributed by atoms with Crippen LogP contribution in [0.5, 0.6) is 0 Å². The van der Waals surface area contributed by atoms with Gasteiger partial charge < -0.3 is 10.2 Å². The van der Waals surface area contributed by atoms with Crippen molar-refractivity contribution >= 4 is 11.8 Å². The summed E-state index contributed by atoms with van der Waals surface area (Å²) in [5.41, 5.74) is 0.977. The van der Waals surface area contributed by atoms with Gasteiger partial charge in [0.25, 0.3) is 0 Å². The number of hydrogen-bond acceptors (Lipinski definition) is 5. The van der Waals surface area contributed by atoms with Gasteiger partial charge in [-0.2, -0.15) is 4.98 Å². The molecule has 0 fully saturated rings. The molecule has 2 heterocycles. The average molecular weight is 285 g/mol. The fourth-order valence-corrected chi connectivity index (χ4v) is 2.16. The summed E-state index contributed by atoms with van der Waals surface area (Å²) in [6.07, 6.45) is 5.82. The predicted octanol–water partition coefficient (Wildman–Crippen LogP) is 3.11. The zero-order valence-corrected chi connectivity index (χ0v) is 12.8. The molecule has 0 aromatic carbocycles. The van der Waals surface area contributed by atoms with E-state index in [1.54, 1.807) is 12.4 Å². The van der Waals surface area contributed by atoms with Crippen molar-refractivity contribution in [3.05, 3.63) is 42.4 Å². The summed E-state index contributed by atoms with van der Waals surface area (Å²) in [5, 5.41) is 3.23. The lowest BCUT2D eigenvalue weighted by molar-refractivity contribution is 0.733. The van der Waals surface area contributed by atoms with Crippen LogP contribution in [0.25, 0.3) is 0 Å². The van der Waals surface area contributed by atoms with Crippen LogP contribution in [-0.2, 0) is 6.54 Å². The van der Waals surface area contributed by atoms with Crippen molar-refractivity contribution in [1.82, 2.24) is 15.0 Å². The van der Waals surface area contributed by atoms with Crippen LogP contribution in [-0.4, -0.2) is 28.0 Å². The Kier molecular flexibility index (Phi) is 5.94. The van der Waals surface area contributed by atoms with Gasteiger partial charge in [0.1, 0.15) is 5.82 Å². The molecule has 0 bridgehead atoms. The van der Waals surface area contributed by atoms with Crippen molar-refractivity contribution in [2.24, 2.45) is 0 Å². The molecular weight excluding hydrogens is 262 g/mol. The molecule has 1 N–H and O–H groups in total. The average Bonchev–Trinajstić information content (AvgIpc) is 2.54. The molecule has 2 aromatic rings. The van der Waals surface area contributed by atoms with Gasteiger partial charge in [0.2, 0.25) is 5.95 Å². The van der Waals surface area contributed by atoms with Crippen molar-refractivity contribution in [1.29, 1.82) is 0 Å². The van der Waals surface area contributed by atoms with Gasteiger partial charge in [-0.15, -0.1) is 0 Å². The zero-order valence-electron chi connectivity index (χ0n) is 12.8. The molecule has 0 spiro atoms. The molecular formula is C16H23N5. The summed E-state index contributed by atoms with van der Waals surface area (Å²) in [5.74, 6) is 1.63. The van der Waals surface area contributed by atoms with Crippen molar-refractivity contribution in [2.45, 2.75) is 33.2 Å². The summed E-state index contributed by atoms with van der Waals surface area (Å²) in [6.45, 7) is 7.04. The largest absolute Gasteiger partial charge is 0.356 e. The van der Waals surface area contributed by atoms with Crippen LogP contribution in [0.4, 0.5) is 11.8 Å². The lowest BCUT2D eigenvalue weighted by atomic mass is 10.3. The van der Waals surface area contributed by atoms with E-state index in [1.807, 2.05) is 24.3 Å². The highest BCUT2D eigenvalue weighted by molar-refractivity contribution is 5.42. The van der Waals surface area contributed by atoms with Crippen LogP contribution in [0.3, 0.4) is 0 Å². The van der Waals surface area contributed by atoms with E-state index < -0.39 is 0 Å². The highest BCUT2D eigenvalue weighted by Gasteiger charge is 2.07. The minimum Gasteiger partial charge on any atom is -0.356 e. The third-order valence-electron chi connectivity index (χ3n) is 3.11. The standard InChI is InChI=1S/C16H23N5/c1-3-11-21(12-4-2)15-8-10-18-16(20-15)19-13-14-7-5-6-9-17-14/h5-10H,3-4,11-13H2,1-2H3,(H,18,19,20). The van der Waals surface area contributed by atoms with E-state index in [1.165, 1.54) is 0 Å². The van der Waals surface area contributed by atoms with Crippen molar-refractivity contribution in [2.75, 3.05) is 23.3 Å². The van der Waals surface area contributed by atoms with Crippen molar-refractivity contribution in [3.63, 3.8) is 0 Å². The molecule has 0 amide bonds. The molecule has 21 heavy (non-hydrogen) atoms. The lowest BCUT2D eigenvalue weighted by Gasteiger charge is -2.22. The number of aromatic nitrogens is 3. The molecule has 5 heteroatoms. The van der Waals surface area contributed by atoms with Gasteiger partial charge in [0.15, 0.2) is 0 Å². The van der Waals surface area contributed by atoms with Gasteiger partial charge in [0.05, 0.1) is 12.2 Å². The fourth-order valence-electron chi connectivity index (χ4n) is 2.16. The Morgan fingerprint density at radius 3 is 2.48 bits per heavy atom. The molecule has 0 saturated carbocycles. The number of nitrogens with zero attached hydrogens (tertiary/aromatic N) is 4. The number of hydrogen-bond donors (Lipinski definition) is 1. The third-order valence-corrected chi connectivity index (χ3v) is 3.11. The van der Waals surface area contributed by atoms with E-state index in [9.17, 15) is 0 Å².